The number of urea groups is 1. The topological polar surface area (TPSA) is 117 Å². The molecule has 3 saturated heterocycles. The van der Waals surface area contributed by atoms with Gasteiger partial charge in [0.15, 0.2) is 6.10 Å². The molecule has 13 heteroatoms. The number of hydrogen-bond donors (Lipinski definition) is 2. The van der Waals surface area contributed by atoms with Gasteiger partial charge in [0.1, 0.15) is 0 Å². The molecule has 1 atom stereocenters. The summed E-state index contributed by atoms with van der Waals surface area (Å²) in [5.41, 5.74) is 3.86. The van der Waals surface area contributed by atoms with Crippen LogP contribution in [0, 0.1) is 0 Å². The third-order valence-corrected chi connectivity index (χ3v) is 10.8. The van der Waals surface area contributed by atoms with Gasteiger partial charge in [-0.3, -0.25) is 14.8 Å². The Morgan fingerprint density at radius 2 is 1.73 bits per heavy atom. The van der Waals surface area contributed by atoms with Gasteiger partial charge in [-0.1, -0.05) is 6.07 Å². The molecule has 12 nitrogen and oxygen atoms in total. The zero-order valence-electron chi connectivity index (χ0n) is 25.8. The molecular formula is C32H42N8O4S. The SMILES string of the molecule is CN1CCC(N2CCN(C(=O)[C@@H](Cc3ccc4[nH]ncc4c3)OC(=O)N3CCC(N4Cc5cscc5NC4=O)CC3)CC2)CC1. The van der Waals surface area contributed by atoms with E-state index in [2.05, 4.69) is 37.7 Å². The number of nitrogens with zero attached hydrogens (tertiary/aromatic N) is 6. The number of benzene rings is 1. The molecule has 3 fully saturated rings. The number of aromatic amines is 1. The smallest absolute Gasteiger partial charge is 0.410 e. The number of ether oxygens (including phenoxy) is 1. The Kier molecular flexibility index (Phi) is 8.65. The highest BCUT2D eigenvalue weighted by atomic mass is 32.1. The molecule has 240 valence electrons. The van der Waals surface area contributed by atoms with Crippen LogP contribution in [0.3, 0.4) is 0 Å². The van der Waals surface area contributed by atoms with Crippen molar-refractivity contribution in [1.29, 1.82) is 0 Å². The Morgan fingerprint density at radius 1 is 0.978 bits per heavy atom. The number of H-pyrrole nitrogens is 1. The molecule has 0 radical (unpaired) electrons. The molecule has 0 aliphatic carbocycles. The largest absolute Gasteiger partial charge is 0.436 e. The minimum absolute atomic E-state index is 0.0436. The second-order valence-corrected chi connectivity index (χ2v) is 13.6. The number of amides is 4. The lowest BCUT2D eigenvalue weighted by Crippen LogP contribution is -2.56. The summed E-state index contributed by atoms with van der Waals surface area (Å²) in [6.07, 6.45) is 4.32. The van der Waals surface area contributed by atoms with Gasteiger partial charge in [-0.2, -0.15) is 5.10 Å². The number of anilines is 1. The number of piperidine rings is 2. The van der Waals surface area contributed by atoms with Gasteiger partial charge in [0.05, 0.1) is 23.9 Å². The van der Waals surface area contributed by atoms with Crippen LogP contribution in [0.15, 0.2) is 35.2 Å². The molecule has 3 aromatic rings. The maximum absolute atomic E-state index is 14.0. The zero-order chi connectivity index (χ0) is 30.9. The zero-order valence-corrected chi connectivity index (χ0v) is 26.6. The second kappa shape index (κ2) is 13.0. The minimum Gasteiger partial charge on any atom is -0.436 e. The Balaban J connectivity index is 0.989. The van der Waals surface area contributed by atoms with E-state index in [0.717, 1.165) is 66.7 Å². The van der Waals surface area contributed by atoms with E-state index in [1.807, 2.05) is 33.4 Å². The molecule has 0 bridgehead atoms. The highest BCUT2D eigenvalue weighted by Gasteiger charge is 2.36. The quantitative estimate of drug-likeness (QED) is 0.427. The first-order valence-electron chi connectivity index (χ1n) is 16.1. The number of rotatable bonds is 6. The van der Waals surface area contributed by atoms with Gasteiger partial charge in [-0.05, 0) is 68.9 Å². The van der Waals surface area contributed by atoms with Crippen molar-refractivity contribution in [1.82, 2.24) is 34.7 Å². The molecule has 2 N–H and O–H groups in total. The third kappa shape index (κ3) is 6.52. The average molecular weight is 635 g/mol. The van der Waals surface area contributed by atoms with Crippen molar-refractivity contribution < 1.29 is 19.1 Å². The van der Waals surface area contributed by atoms with Gasteiger partial charge in [0, 0.05) is 74.1 Å². The Labute approximate surface area is 267 Å². The fraction of sp³-hybridized carbons (Fsp3) is 0.562. The van der Waals surface area contributed by atoms with Gasteiger partial charge in [-0.25, -0.2) is 9.59 Å². The summed E-state index contributed by atoms with van der Waals surface area (Å²) in [4.78, 5) is 50.6. The number of thiophene rings is 1. The number of hydrogen-bond acceptors (Lipinski definition) is 8. The number of nitrogens with one attached hydrogen (secondary N) is 2. The second-order valence-electron chi connectivity index (χ2n) is 12.9. The van der Waals surface area contributed by atoms with E-state index in [9.17, 15) is 14.4 Å². The lowest BCUT2D eigenvalue weighted by Gasteiger charge is -2.43. The molecule has 4 aliphatic rings. The summed E-state index contributed by atoms with van der Waals surface area (Å²) in [6, 6.07) is 6.43. The van der Waals surface area contributed by atoms with E-state index in [4.69, 9.17) is 4.74 Å². The lowest BCUT2D eigenvalue weighted by atomic mass is 10.0. The summed E-state index contributed by atoms with van der Waals surface area (Å²) in [5, 5.41) is 15.1. The van der Waals surface area contributed by atoms with Crippen LogP contribution in [-0.4, -0.2) is 130 Å². The number of fused-ring (bicyclic) bond motifs is 2. The molecule has 6 heterocycles. The summed E-state index contributed by atoms with van der Waals surface area (Å²) < 4.78 is 6.06. The number of likely N-dealkylation sites (tertiary alicyclic amines) is 2. The lowest BCUT2D eigenvalue weighted by molar-refractivity contribution is -0.143. The Morgan fingerprint density at radius 3 is 2.51 bits per heavy atom. The van der Waals surface area contributed by atoms with Crippen LogP contribution in [0.4, 0.5) is 15.3 Å². The molecule has 4 amide bonds. The first-order chi connectivity index (χ1) is 21.9. The van der Waals surface area contributed by atoms with Crippen molar-refractivity contribution in [2.75, 3.05) is 64.7 Å². The first kappa shape index (κ1) is 30.0. The number of carbonyl (C=O) groups excluding carboxylic acids is 3. The van der Waals surface area contributed by atoms with Gasteiger partial charge in [-0.15, -0.1) is 11.3 Å². The first-order valence-corrected chi connectivity index (χ1v) is 17.1. The van der Waals surface area contributed by atoms with Crippen LogP contribution in [0.25, 0.3) is 10.9 Å². The maximum Gasteiger partial charge on any atom is 0.410 e. The van der Waals surface area contributed by atoms with Crippen molar-refractivity contribution in [3.8, 4) is 0 Å². The van der Waals surface area contributed by atoms with Crippen LogP contribution in [-0.2, 0) is 22.5 Å². The third-order valence-electron chi connectivity index (χ3n) is 10.0. The van der Waals surface area contributed by atoms with E-state index in [1.165, 1.54) is 0 Å². The molecule has 45 heavy (non-hydrogen) atoms. The summed E-state index contributed by atoms with van der Waals surface area (Å²) >= 11 is 1.59. The molecule has 7 rings (SSSR count). The van der Waals surface area contributed by atoms with Crippen LogP contribution in [0.5, 0.6) is 0 Å². The minimum atomic E-state index is -0.917. The summed E-state index contributed by atoms with van der Waals surface area (Å²) in [5.74, 6) is -0.134. The van der Waals surface area contributed by atoms with Crippen LogP contribution >= 0.6 is 11.3 Å². The molecule has 4 aliphatic heterocycles. The van der Waals surface area contributed by atoms with Crippen LogP contribution in [0.1, 0.15) is 36.8 Å². The van der Waals surface area contributed by atoms with E-state index in [0.29, 0.717) is 58.0 Å². The highest BCUT2D eigenvalue weighted by Crippen LogP contribution is 2.30. The van der Waals surface area contributed by atoms with E-state index >= 15 is 0 Å². The van der Waals surface area contributed by atoms with Gasteiger partial charge in [0.2, 0.25) is 0 Å². The molecule has 1 aromatic carbocycles. The van der Waals surface area contributed by atoms with E-state index in [-0.39, 0.29) is 18.0 Å². The average Bonchev–Trinajstić information content (AvgIpc) is 3.73. The predicted octanol–water partition coefficient (Wildman–Crippen LogP) is 3.42. The molecule has 2 aromatic heterocycles. The fourth-order valence-electron chi connectivity index (χ4n) is 7.23. The van der Waals surface area contributed by atoms with Crippen molar-refractivity contribution in [3.63, 3.8) is 0 Å². The van der Waals surface area contributed by atoms with Crippen LogP contribution in [0.2, 0.25) is 0 Å². The Hall–Kier alpha value is -3.68. The Bertz CT molecular complexity index is 1520. The normalized spacial score (nSPS) is 21.5. The standard InChI is InChI=1S/C32H42N8O4S/c1-36-8-4-25(5-9-36)37-12-14-38(15-13-37)30(41)29(17-22-2-3-27-23(16-22)18-33-35-27)44-32(43)39-10-6-26(7-11-39)40-19-24-20-45-21-28(24)34-31(40)42/h2-3,16,18,20-21,25-26,29H,4-15,17,19H2,1H3,(H,33,35)(H,34,42)/t29-/m1/s1. The van der Waals surface area contributed by atoms with Gasteiger partial charge in [0.25, 0.3) is 5.91 Å². The van der Waals surface area contributed by atoms with Crippen molar-refractivity contribution >= 4 is 46.0 Å². The predicted molar refractivity (Wildman–Crippen MR) is 172 cm³/mol. The van der Waals surface area contributed by atoms with Gasteiger partial charge >= 0.3 is 12.1 Å². The maximum atomic E-state index is 14.0. The molecule has 0 unspecified atom stereocenters. The van der Waals surface area contributed by atoms with Crippen molar-refractivity contribution in [3.05, 3.63) is 46.3 Å². The molecule has 0 spiro atoms. The summed E-state index contributed by atoms with van der Waals surface area (Å²) in [7, 11) is 2.17. The highest BCUT2D eigenvalue weighted by molar-refractivity contribution is 7.08. The van der Waals surface area contributed by atoms with Crippen molar-refractivity contribution in [2.24, 2.45) is 0 Å². The van der Waals surface area contributed by atoms with Crippen LogP contribution < -0.4 is 5.32 Å². The monoisotopic (exact) mass is 634 g/mol. The number of piperazine rings is 1. The summed E-state index contributed by atoms with van der Waals surface area (Å²) in [6.45, 7) is 6.70. The number of aromatic nitrogens is 2. The number of carbonyl (C=O) groups is 3. The fourth-order valence-corrected chi connectivity index (χ4v) is 8.01. The molecular weight excluding hydrogens is 592 g/mol. The van der Waals surface area contributed by atoms with Crippen molar-refractivity contribution in [2.45, 2.75) is 56.8 Å². The van der Waals surface area contributed by atoms with E-state index in [1.54, 1.807) is 22.4 Å². The van der Waals surface area contributed by atoms with E-state index < -0.39 is 12.2 Å². The van der Waals surface area contributed by atoms with Gasteiger partial charge < -0.3 is 29.7 Å². The molecule has 0 saturated carbocycles.